The van der Waals surface area contributed by atoms with Crippen LogP contribution in [0.2, 0.25) is 0 Å². The molecule has 144 valence electrons. The predicted octanol–water partition coefficient (Wildman–Crippen LogP) is 4.93. The molecule has 2 aromatic carbocycles. The minimum absolute atomic E-state index is 0.101. The van der Waals surface area contributed by atoms with Crippen LogP contribution in [0, 0.1) is 0 Å². The molecule has 0 saturated carbocycles. The standard InChI is InChI=1S/C20H18BrN3O3S/c1-2-18-22-20(24-23-18)28-17(19(25)26)11-14-10-15(21)8-9-16(14)27-12-13-6-4-3-5-7-13/h3-11H,2,12H2,1H3,(H,25,26)(H,22,23,24)/b17-11-. The summed E-state index contributed by atoms with van der Waals surface area (Å²) >= 11 is 4.42. The largest absolute Gasteiger partial charge is 0.488 e. The van der Waals surface area contributed by atoms with Gasteiger partial charge in [0, 0.05) is 16.5 Å². The first-order chi connectivity index (χ1) is 13.5. The summed E-state index contributed by atoms with van der Waals surface area (Å²) in [5.74, 6) is 0.249. The summed E-state index contributed by atoms with van der Waals surface area (Å²) in [5, 5.41) is 16.8. The summed E-state index contributed by atoms with van der Waals surface area (Å²) in [5.41, 5.74) is 1.68. The lowest BCUT2D eigenvalue weighted by molar-refractivity contribution is -0.131. The zero-order valence-electron chi connectivity index (χ0n) is 15.1. The molecule has 0 amide bonds. The number of carboxylic acid groups (broad SMARTS) is 1. The number of hydrogen-bond donors (Lipinski definition) is 2. The number of rotatable bonds is 8. The van der Waals surface area contributed by atoms with Gasteiger partial charge in [0.25, 0.3) is 0 Å². The van der Waals surface area contributed by atoms with Crippen molar-refractivity contribution in [2.45, 2.75) is 25.1 Å². The highest BCUT2D eigenvalue weighted by atomic mass is 79.9. The summed E-state index contributed by atoms with van der Waals surface area (Å²) in [4.78, 5) is 16.1. The summed E-state index contributed by atoms with van der Waals surface area (Å²) < 4.78 is 6.75. The van der Waals surface area contributed by atoms with Gasteiger partial charge in [-0.3, -0.25) is 5.10 Å². The Balaban J connectivity index is 1.86. The Bertz CT molecular complexity index is 989. The Kier molecular flexibility index (Phi) is 6.89. The van der Waals surface area contributed by atoms with E-state index in [9.17, 15) is 9.90 Å². The first-order valence-corrected chi connectivity index (χ1v) is 10.2. The van der Waals surface area contributed by atoms with Gasteiger partial charge >= 0.3 is 5.97 Å². The van der Waals surface area contributed by atoms with Crippen molar-refractivity contribution in [2.24, 2.45) is 0 Å². The molecule has 0 saturated heterocycles. The number of aliphatic carboxylic acids is 1. The molecule has 0 radical (unpaired) electrons. The highest BCUT2D eigenvalue weighted by Gasteiger charge is 2.15. The number of hydrogen-bond acceptors (Lipinski definition) is 5. The smallest absolute Gasteiger partial charge is 0.342 e. The van der Waals surface area contributed by atoms with Crippen LogP contribution in [0.3, 0.4) is 0 Å². The molecule has 1 aromatic heterocycles. The van der Waals surface area contributed by atoms with Crippen molar-refractivity contribution in [3.63, 3.8) is 0 Å². The van der Waals surface area contributed by atoms with Gasteiger partial charge in [0.15, 0.2) is 0 Å². The number of carboxylic acids is 1. The van der Waals surface area contributed by atoms with E-state index in [0.717, 1.165) is 21.8 Å². The lowest BCUT2D eigenvalue weighted by Crippen LogP contribution is -2.00. The van der Waals surface area contributed by atoms with Crippen molar-refractivity contribution >= 4 is 39.7 Å². The maximum atomic E-state index is 11.8. The Morgan fingerprint density at radius 2 is 2.07 bits per heavy atom. The molecule has 0 aliphatic carbocycles. The first kappa shape index (κ1) is 20.2. The van der Waals surface area contributed by atoms with Crippen molar-refractivity contribution in [1.82, 2.24) is 15.2 Å². The van der Waals surface area contributed by atoms with E-state index in [2.05, 4.69) is 31.1 Å². The predicted molar refractivity (Wildman–Crippen MR) is 112 cm³/mol. The summed E-state index contributed by atoms with van der Waals surface area (Å²) in [6, 6.07) is 15.3. The first-order valence-electron chi connectivity index (χ1n) is 8.55. The van der Waals surface area contributed by atoms with E-state index < -0.39 is 5.97 Å². The molecule has 3 rings (SSSR count). The number of aromatic amines is 1. The highest BCUT2D eigenvalue weighted by molar-refractivity contribution is 9.10. The number of halogens is 1. The fraction of sp³-hybridized carbons (Fsp3) is 0.150. The van der Waals surface area contributed by atoms with Crippen LogP contribution in [-0.4, -0.2) is 26.3 Å². The summed E-state index contributed by atoms with van der Waals surface area (Å²) in [7, 11) is 0. The molecule has 28 heavy (non-hydrogen) atoms. The van der Waals surface area contributed by atoms with Crippen LogP contribution in [0.25, 0.3) is 6.08 Å². The molecule has 2 N–H and O–H groups in total. The number of aromatic nitrogens is 3. The van der Waals surface area contributed by atoms with E-state index in [4.69, 9.17) is 4.74 Å². The van der Waals surface area contributed by atoms with Crippen LogP contribution in [0.15, 0.2) is 63.1 Å². The van der Waals surface area contributed by atoms with E-state index in [0.29, 0.717) is 35.3 Å². The quantitative estimate of drug-likeness (QED) is 0.366. The van der Waals surface area contributed by atoms with Crippen LogP contribution in [-0.2, 0) is 17.8 Å². The van der Waals surface area contributed by atoms with Gasteiger partial charge in [-0.2, -0.15) is 0 Å². The van der Waals surface area contributed by atoms with Crippen molar-refractivity contribution in [1.29, 1.82) is 0 Å². The number of H-pyrrole nitrogens is 1. The maximum absolute atomic E-state index is 11.8. The van der Waals surface area contributed by atoms with E-state index in [1.54, 1.807) is 6.08 Å². The van der Waals surface area contributed by atoms with Crippen LogP contribution < -0.4 is 4.74 Å². The molecule has 0 spiro atoms. The second-order valence-corrected chi connectivity index (χ2v) is 7.72. The second kappa shape index (κ2) is 9.57. The van der Waals surface area contributed by atoms with Gasteiger partial charge in [0.05, 0.1) is 0 Å². The Morgan fingerprint density at radius 1 is 1.29 bits per heavy atom. The number of nitrogens with zero attached hydrogens (tertiary/aromatic N) is 2. The van der Waals surface area contributed by atoms with E-state index in [1.165, 1.54) is 0 Å². The molecular weight excluding hydrogens is 442 g/mol. The number of thioether (sulfide) groups is 1. The molecule has 0 fully saturated rings. The highest BCUT2D eigenvalue weighted by Crippen LogP contribution is 2.31. The van der Waals surface area contributed by atoms with E-state index >= 15 is 0 Å². The molecule has 0 atom stereocenters. The zero-order valence-corrected chi connectivity index (χ0v) is 17.5. The lowest BCUT2D eigenvalue weighted by atomic mass is 10.2. The van der Waals surface area contributed by atoms with Crippen LogP contribution in [0.5, 0.6) is 5.75 Å². The van der Waals surface area contributed by atoms with Crippen LogP contribution in [0.4, 0.5) is 0 Å². The minimum Gasteiger partial charge on any atom is -0.488 e. The fourth-order valence-electron chi connectivity index (χ4n) is 2.35. The van der Waals surface area contributed by atoms with Gasteiger partial charge in [0.2, 0.25) is 5.16 Å². The van der Waals surface area contributed by atoms with Gasteiger partial charge in [-0.25, -0.2) is 9.78 Å². The lowest BCUT2D eigenvalue weighted by Gasteiger charge is -2.11. The second-order valence-electron chi connectivity index (χ2n) is 5.79. The number of ether oxygens (including phenoxy) is 1. The van der Waals surface area contributed by atoms with Crippen molar-refractivity contribution < 1.29 is 14.6 Å². The van der Waals surface area contributed by atoms with Gasteiger partial charge < -0.3 is 9.84 Å². The Hall–Kier alpha value is -2.58. The summed E-state index contributed by atoms with van der Waals surface area (Å²) in [6.45, 7) is 2.33. The van der Waals surface area contributed by atoms with Gasteiger partial charge in [0.1, 0.15) is 23.1 Å². The van der Waals surface area contributed by atoms with Crippen LogP contribution in [0.1, 0.15) is 23.9 Å². The number of aryl methyl sites for hydroxylation is 1. The number of benzene rings is 2. The number of nitrogens with one attached hydrogen (secondary N) is 1. The van der Waals surface area contributed by atoms with E-state index in [1.807, 2.05) is 55.5 Å². The molecule has 0 bridgehead atoms. The SMILES string of the molecule is CCc1nc(S/C(=C\c2cc(Br)ccc2OCc2ccccc2)C(=O)O)n[nH]1. The van der Waals surface area contributed by atoms with Crippen molar-refractivity contribution in [3.05, 3.63) is 74.9 Å². The number of carbonyl (C=O) groups is 1. The summed E-state index contributed by atoms with van der Waals surface area (Å²) in [6.07, 6.45) is 2.27. The van der Waals surface area contributed by atoms with Gasteiger partial charge in [-0.1, -0.05) is 53.2 Å². The molecule has 1 heterocycles. The fourth-order valence-corrected chi connectivity index (χ4v) is 3.45. The molecule has 0 unspecified atom stereocenters. The van der Waals surface area contributed by atoms with Gasteiger partial charge in [-0.15, -0.1) is 5.10 Å². The van der Waals surface area contributed by atoms with Crippen molar-refractivity contribution in [3.8, 4) is 5.75 Å². The minimum atomic E-state index is -1.05. The normalized spacial score (nSPS) is 11.4. The van der Waals surface area contributed by atoms with Crippen LogP contribution >= 0.6 is 27.7 Å². The zero-order chi connectivity index (χ0) is 19.9. The molecule has 6 nitrogen and oxygen atoms in total. The third-order valence-electron chi connectivity index (χ3n) is 3.75. The van der Waals surface area contributed by atoms with E-state index in [-0.39, 0.29) is 4.91 Å². The Morgan fingerprint density at radius 3 is 2.75 bits per heavy atom. The topological polar surface area (TPSA) is 88.1 Å². The average molecular weight is 460 g/mol. The van der Waals surface area contributed by atoms with Crippen molar-refractivity contribution in [2.75, 3.05) is 0 Å². The molecule has 0 aliphatic heterocycles. The molecule has 0 aliphatic rings. The average Bonchev–Trinajstić information content (AvgIpc) is 3.15. The Labute approximate surface area is 175 Å². The molecule has 3 aromatic rings. The monoisotopic (exact) mass is 459 g/mol. The molecule has 8 heteroatoms. The third-order valence-corrected chi connectivity index (χ3v) is 5.12. The maximum Gasteiger partial charge on any atom is 0.342 e. The third kappa shape index (κ3) is 5.46. The molecular formula is C20H18BrN3O3S. The van der Waals surface area contributed by atoms with Gasteiger partial charge in [-0.05, 0) is 41.6 Å².